The minimum Gasteiger partial charge on any atom is -0.333 e. The Morgan fingerprint density at radius 3 is 3.00 bits per heavy atom. The zero-order chi connectivity index (χ0) is 14.1. The van der Waals surface area contributed by atoms with Gasteiger partial charge in [0.05, 0.1) is 11.5 Å². The average Bonchev–Trinajstić information content (AvgIpc) is 2.85. The third kappa shape index (κ3) is 2.39. The molecule has 0 amide bonds. The standard InChI is InChI=1S/C13H13FN4O2/c14-11-7-10(1-2-12(11)18(19)20)8-16-5-6-17-4-3-15-13(17)9-16/h1-4,7H,5-6,8-9H2. The van der Waals surface area contributed by atoms with Crippen LogP contribution in [0.25, 0.3) is 0 Å². The Kier molecular flexibility index (Phi) is 3.19. The smallest absolute Gasteiger partial charge is 0.304 e. The molecular weight excluding hydrogens is 263 g/mol. The molecule has 0 saturated heterocycles. The lowest BCUT2D eigenvalue weighted by atomic mass is 10.1. The number of aromatic nitrogens is 2. The second-order valence-electron chi connectivity index (χ2n) is 4.79. The number of imidazole rings is 1. The van der Waals surface area contributed by atoms with E-state index in [0.29, 0.717) is 13.1 Å². The molecular formula is C13H13FN4O2. The molecule has 1 aliphatic rings. The van der Waals surface area contributed by atoms with Crippen LogP contribution in [-0.2, 0) is 19.6 Å². The summed E-state index contributed by atoms with van der Waals surface area (Å²) in [6.45, 7) is 2.96. The Hall–Kier alpha value is -2.28. The van der Waals surface area contributed by atoms with E-state index >= 15 is 0 Å². The van der Waals surface area contributed by atoms with Gasteiger partial charge in [0, 0.05) is 38.1 Å². The summed E-state index contributed by atoms with van der Waals surface area (Å²) in [5, 5.41) is 10.6. The lowest BCUT2D eigenvalue weighted by Crippen LogP contribution is -2.33. The fourth-order valence-corrected chi connectivity index (χ4v) is 2.41. The zero-order valence-electron chi connectivity index (χ0n) is 10.7. The van der Waals surface area contributed by atoms with Gasteiger partial charge in [-0.05, 0) is 11.6 Å². The molecule has 0 aliphatic carbocycles. The number of nitro benzene ring substituents is 1. The summed E-state index contributed by atoms with van der Waals surface area (Å²) in [6, 6.07) is 4.05. The molecule has 104 valence electrons. The van der Waals surface area contributed by atoms with E-state index in [9.17, 15) is 14.5 Å². The van der Waals surface area contributed by atoms with Crippen molar-refractivity contribution >= 4 is 5.69 Å². The van der Waals surface area contributed by atoms with Crippen LogP contribution >= 0.6 is 0 Å². The van der Waals surface area contributed by atoms with Gasteiger partial charge < -0.3 is 4.57 Å². The quantitative estimate of drug-likeness (QED) is 0.635. The number of rotatable bonds is 3. The second-order valence-corrected chi connectivity index (χ2v) is 4.79. The lowest BCUT2D eigenvalue weighted by Gasteiger charge is -2.27. The van der Waals surface area contributed by atoms with Crippen LogP contribution in [-0.4, -0.2) is 25.9 Å². The third-order valence-corrected chi connectivity index (χ3v) is 3.44. The SMILES string of the molecule is O=[N+]([O-])c1ccc(CN2CCn3ccnc3C2)cc1F. The van der Waals surface area contributed by atoms with Crippen LogP contribution in [0, 0.1) is 15.9 Å². The molecule has 0 bridgehead atoms. The summed E-state index contributed by atoms with van der Waals surface area (Å²) in [7, 11) is 0. The summed E-state index contributed by atoms with van der Waals surface area (Å²) in [4.78, 5) is 16.3. The van der Waals surface area contributed by atoms with E-state index in [4.69, 9.17) is 0 Å². The van der Waals surface area contributed by atoms with Crippen molar-refractivity contribution in [2.75, 3.05) is 6.54 Å². The van der Waals surface area contributed by atoms with Gasteiger partial charge in [-0.2, -0.15) is 4.39 Å². The maximum absolute atomic E-state index is 13.6. The number of nitro groups is 1. The van der Waals surface area contributed by atoms with E-state index in [2.05, 4.69) is 14.5 Å². The average molecular weight is 276 g/mol. The number of hydrogen-bond acceptors (Lipinski definition) is 4. The molecule has 0 saturated carbocycles. The molecule has 0 fully saturated rings. The predicted octanol–water partition coefficient (Wildman–Crippen LogP) is 1.95. The van der Waals surface area contributed by atoms with Crippen LogP contribution in [0.15, 0.2) is 30.6 Å². The Balaban J connectivity index is 1.73. The Bertz CT molecular complexity index is 656. The van der Waals surface area contributed by atoms with Gasteiger partial charge in [0.1, 0.15) is 5.82 Å². The monoisotopic (exact) mass is 276 g/mol. The van der Waals surface area contributed by atoms with Gasteiger partial charge in [0.25, 0.3) is 0 Å². The van der Waals surface area contributed by atoms with E-state index < -0.39 is 16.4 Å². The van der Waals surface area contributed by atoms with Gasteiger partial charge in [0.15, 0.2) is 0 Å². The van der Waals surface area contributed by atoms with Crippen molar-refractivity contribution in [3.05, 3.63) is 57.9 Å². The lowest BCUT2D eigenvalue weighted by molar-refractivity contribution is -0.387. The van der Waals surface area contributed by atoms with Crippen molar-refractivity contribution in [1.29, 1.82) is 0 Å². The third-order valence-electron chi connectivity index (χ3n) is 3.44. The molecule has 0 radical (unpaired) electrons. The molecule has 0 unspecified atom stereocenters. The molecule has 2 heterocycles. The molecule has 7 heteroatoms. The molecule has 20 heavy (non-hydrogen) atoms. The highest BCUT2D eigenvalue weighted by Gasteiger charge is 2.18. The molecule has 0 atom stereocenters. The normalized spacial score (nSPS) is 15.1. The van der Waals surface area contributed by atoms with Crippen molar-refractivity contribution in [2.45, 2.75) is 19.6 Å². The van der Waals surface area contributed by atoms with Gasteiger partial charge in [-0.25, -0.2) is 4.98 Å². The molecule has 1 aromatic heterocycles. The molecule has 3 rings (SSSR count). The first kappa shape index (κ1) is 12.7. The van der Waals surface area contributed by atoms with E-state index in [1.165, 1.54) is 12.1 Å². The summed E-state index contributed by atoms with van der Waals surface area (Å²) in [6.07, 6.45) is 3.71. The van der Waals surface area contributed by atoms with Crippen LogP contribution in [0.2, 0.25) is 0 Å². The molecule has 1 aliphatic heterocycles. The maximum atomic E-state index is 13.6. The fourth-order valence-electron chi connectivity index (χ4n) is 2.41. The summed E-state index contributed by atoms with van der Waals surface area (Å²) in [5.74, 6) is 0.199. The van der Waals surface area contributed by atoms with Crippen LogP contribution < -0.4 is 0 Å². The van der Waals surface area contributed by atoms with Crippen LogP contribution in [0.5, 0.6) is 0 Å². The van der Waals surface area contributed by atoms with E-state index in [-0.39, 0.29) is 0 Å². The number of fused-ring (bicyclic) bond motifs is 1. The van der Waals surface area contributed by atoms with Gasteiger partial charge >= 0.3 is 5.69 Å². The highest BCUT2D eigenvalue weighted by molar-refractivity contribution is 5.35. The topological polar surface area (TPSA) is 64.2 Å². The van der Waals surface area contributed by atoms with Crippen molar-refractivity contribution in [3.8, 4) is 0 Å². The largest absolute Gasteiger partial charge is 0.333 e. The van der Waals surface area contributed by atoms with Gasteiger partial charge in [-0.1, -0.05) is 6.07 Å². The molecule has 6 nitrogen and oxygen atoms in total. The van der Waals surface area contributed by atoms with Gasteiger partial charge in [-0.15, -0.1) is 0 Å². The van der Waals surface area contributed by atoms with Crippen LogP contribution in [0.1, 0.15) is 11.4 Å². The van der Waals surface area contributed by atoms with Crippen LogP contribution in [0.3, 0.4) is 0 Å². The minimum absolute atomic E-state index is 0.483. The van der Waals surface area contributed by atoms with E-state index in [0.717, 1.165) is 24.5 Å². The first-order valence-corrected chi connectivity index (χ1v) is 6.28. The molecule has 2 aromatic rings. The number of hydrogen-bond donors (Lipinski definition) is 0. The van der Waals surface area contributed by atoms with Crippen LogP contribution in [0.4, 0.5) is 10.1 Å². The summed E-state index contributed by atoms with van der Waals surface area (Å²) >= 11 is 0. The second kappa shape index (κ2) is 5.01. The van der Waals surface area contributed by atoms with Crippen molar-refractivity contribution in [3.63, 3.8) is 0 Å². The summed E-state index contributed by atoms with van der Waals surface area (Å²) in [5.41, 5.74) is 0.246. The van der Waals surface area contributed by atoms with E-state index in [1.54, 1.807) is 12.3 Å². The highest BCUT2D eigenvalue weighted by atomic mass is 19.1. The molecule has 0 spiro atoms. The number of nitrogens with zero attached hydrogens (tertiary/aromatic N) is 4. The fraction of sp³-hybridized carbons (Fsp3) is 0.308. The van der Waals surface area contributed by atoms with Crippen molar-refractivity contribution in [2.24, 2.45) is 0 Å². The highest BCUT2D eigenvalue weighted by Crippen LogP contribution is 2.20. The van der Waals surface area contributed by atoms with Crippen molar-refractivity contribution in [1.82, 2.24) is 14.5 Å². The number of halogens is 1. The zero-order valence-corrected chi connectivity index (χ0v) is 10.7. The maximum Gasteiger partial charge on any atom is 0.304 e. The molecule has 0 N–H and O–H groups in total. The Morgan fingerprint density at radius 2 is 2.25 bits per heavy atom. The first-order chi connectivity index (χ1) is 9.63. The Labute approximate surface area is 114 Å². The molecule has 1 aromatic carbocycles. The number of benzene rings is 1. The van der Waals surface area contributed by atoms with Gasteiger partial charge in [0.2, 0.25) is 5.82 Å². The first-order valence-electron chi connectivity index (χ1n) is 6.28. The Morgan fingerprint density at radius 1 is 1.40 bits per heavy atom. The van der Waals surface area contributed by atoms with E-state index in [1.807, 2.05) is 6.20 Å². The van der Waals surface area contributed by atoms with Gasteiger partial charge in [-0.3, -0.25) is 15.0 Å². The minimum atomic E-state index is -0.786. The van der Waals surface area contributed by atoms with Crippen molar-refractivity contribution < 1.29 is 9.31 Å². The summed E-state index contributed by atoms with van der Waals surface area (Å²) < 4.78 is 15.7. The predicted molar refractivity (Wildman–Crippen MR) is 69.4 cm³/mol.